The van der Waals surface area contributed by atoms with E-state index in [1.54, 1.807) is 24.8 Å². The second-order valence-electron chi connectivity index (χ2n) is 7.35. The maximum atomic E-state index is 12.9. The van der Waals surface area contributed by atoms with Crippen molar-refractivity contribution in [1.82, 2.24) is 20.2 Å². The van der Waals surface area contributed by atoms with Crippen molar-refractivity contribution < 1.29 is 23.8 Å². The number of nitrogens with one attached hydrogen (secondary N) is 1. The van der Waals surface area contributed by atoms with Crippen LogP contribution >= 0.6 is 0 Å². The molecule has 0 aliphatic carbocycles. The number of pyridine rings is 1. The molecule has 2 amide bonds. The molecule has 0 spiro atoms. The first kappa shape index (κ1) is 21.0. The van der Waals surface area contributed by atoms with Gasteiger partial charge in [0.2, 0.25) is 5.76 Å². The van der Waals surface area contributed by atoms with Gasteiger partial charge in [0.15, 0.2) is 5.89 Å². The van der Waals surface area contributed by atoms with E-state index in [2.05, 4.69) is 15.3 Å². The van der Waals surface area contributed by atoms with E-state index in [1.807, 2.05) is 24.3 Å². The lowest BCUT2D eigenvalue weighted by atomic mass is 10.0. The fourth-order valence-electron chi connectivity index (χ4n) is 3.70. The molecule has 3 aromatic rings. The largest absolute Gasteiger partial charge is 0.436 e. The molecule has 4 rings (SSSR count). The molecule has 0 bridgehead atoms. The van der Waals surface area contributed by atoms with E-state index in [0.29, 0.717) is 46.9 Å². The molecule has 0 saturated carbocycles. The van der Waals surface area contributed by atoms with Crippen molar-refractivity contribution in [2.45, 2.75) is 20.0 Å². The van der Waals surface area contributed by atoms with Crippen molar-refractivity contribution in [2.75, 3.05) is 32.8 Å². The number of carbonyl (C=O) groups excluding carboxylic acids is 2. The molecule has 1 saturated heterocycles. The van der Waals surface area contributed by atoms with Crippen molar-refractivity contribution in [3.8, 4) is 0 Å². The number of oxazole rings is 1. The minimum atomic E-state index is -0.490. The summed E-state index contributed by atoms with van der Waals surface area (Å²) in [4.78, 5) is 36.1. The third kappa shape index (κ3) is 4.28. The molecule has 0 radical (unpaired) electrons. The van der Waals surface area contributed by atoms with E-state index in [9.17, 15) is 9.59 Å². The highest BCUT2D eigenvalue weighted by Gasteiger charge is 2.30. The van der Waals surface area contributed by atoms with Crippen molar-refractivity contribution in [2.24, 2.45) is 0 Å². The van der Waals surface area contributed by atoms with Gasteiger partial charge in [-0.25, -0.2) is 9.97 Å². The molecule has 1 fully saturated rings. The van der Waals surface area contributed by atoms with Gasteiger partial charge in [0.1, 0.15) is 6.10 Å². The van der Waals surface area contributed by atoms with Crippen LogP contribution in [0, 0.1) is 13.8 Å². The second-order valence-corrected chi connectivity index (χ2v) is 7.35. The zero-order valence-electron chi connectivity index (χ0n) is 17.4. The van der Waals surface area contributed by atoms with Gasteiger partial charge in [-0.2, -0.15) is 0 Å². The Bertz CT molecular complexity index is 1130. The Morgan fingerprint density at radius 1 is 1.26 bits per heavy atom. The Kier molecular flexibility index (Phi) is 5.97. The predicted molar refractivity (Wildman–Crippen MR) is 112 cm³/mol. The summed E-state index contributed by atoms with van der Waals surface area (Å²) in [6.45, 7) is 4.49. The first-order valence-corrected chi connectivity index (χ1v) is 10.1. The number of ether oxygens (including phenoxy) is 1. The summed E-state index contributed by atoms with van der Waals surface area (Å²) in [5.41, 5.74) is 2.22. The molecule has 1 atom stereocenters. The summed E-state index contributed by atoms with van der Waals surface area (Å²) < 4.78 is 11.4. The van der Waals surface area contributed by atoms with Crippen LogP contribution < -0.4 is 5.32 Å². The lowest BCUT2D eigenvalue weighted by molar-refractivity contribution is -0.0256. The summed E-state index contributed by atoms with van der Waals surface area (Å²) in [7, 11) is 0. The zero-order chi connectivity index (χ0) is 22.0. The van der Waals surface area contributed by atoms with Crippen molar-refractivity contribution in [3.63, 3.8) is 0 Å². The van der Waals surface area contributed by atoms with Crippen molar-refractivity contribution >= 4 is 22.7 Å². The normalized spacial score (nSPS) is 16.5. The maximum absolute atomic E-state index is 12.9. The summed E-state index contributed by atoms with van der Waals surface area (Å²) >= 11 is 0. The smallest absolute Gasteiger partial charge is 0.291 e. The first-order valence-electron chi connectivity index (χ1n) is 10.1. The van der Waals surface area contributed by atoms with Crippen LogP contribution in [-0.4, -0.2) is 64.6 Å². The summed E-state index contributed by atoms with van der Waals surface area (Å²) in [5.74, 6) is 0.132. The predicted octanol–water partition coefficient (Wildman–Crippen LogP) is 1.78. The average Bonchev–Trinajstić information content (AvgIpc) is 3.14. The van der Waals surface area contributed by atoms with Crippen molar-refractivity contribution in [3.05, 3.63) is 58.9 Å². The summed E-state index contributed by atoms with van der Waals surface area (Å²) in [6, 6.07) is 9.03. The van der Waals surface area contributed by atoms with Crippen LogP contribution in [-0.2, 0) is 4.74 Å². The van der Waals surface area contributed by atoms with Gasteiger partial charge < -0.3 is 24.5 Å². The standard InChI is InChI=1S/C22H24N4O5/c1-13-20(31-14(2)24-13)22(29)26-8-10-30-19(12-26)18-11-16(21(28)23-7-9-27)15-5-3-4-6-17(15)25-18/h3-6,11,19,27H,7-10,12H2,1-2H3,(H,23,28). The quantitative estimate of drug-likeness (QED) is 0.641. The molecule has 1 aliphatic heterocycles. The zero-order valence-corrected chi connectivity index (χ0v) is 17.4. The molecule has 1 aliphatic rings. The molecular weight excluding hydrogens is 400 g/mol. The number of aliphatic hydroxyl groups is 1. The van der Waals surface area contributed by atoms with E-state index in [4.69, 9.17) is 14.3 Å². The third-order valence-corrected chi connectivity index (χ3v) is 5.16. The van der Waals surface area contributed by atoms with Crippen LogP contribution in [0.15, 0.2) is 34.7 Å². The van der Waals surface area contributed by atoms with Gasteiger partial charge in [-0.15, -0.1) is 0 Å². The van der Waals surface area contributed by atoms with Gasteiger partial charge >= 0.3 is 0 Å². The molecule has 162 valence electrons. The lowest BCUT2D eigenvalue weighted by Gasteiger charge is -2.32. The molecule has 1 unspecified atom stereocenters. The van der Waals surface area contributed by atoms with Gasteiger partial charge in [0.05, 0.1) is 42.2 Å². The van der Waals surface area contributed by atoms with Gasteiger partial charge in [0, 0.05) is 25.4 Å². The number of morpholine rings is 1. The number of fused-ring (bicyclic) bond motifs is 1. The molecular formula is C22H24N4O5. The summed E-state index contributed by atoms with van der Waals surface area (Å²) in [6.07, 6.45) is -0.490. The first-order chi connectivity index (χ1) is 15.0. The number of aliphatic hydroxyl groups excluding tert-OH is 1. The van der Waals surface area contributed by atoms with Crippen LogP contribution in [0.25, 0.3) is 10.9 Å². The van der Waals surface area contributed by atoms with Gasteiger partial charge in [0.25, 0.3) is 11.8 Å². The van der Waals surface area contributed by atoms with Gasteiger partial charge in [-0.05, 0) is 19.1 Å². The van der Waals surface area contributed by atoms with Crippen molar-refractivity contribution in [1.29, 1.82) is 0 Å². The topological polar surface area (TPSA) is 118 Å². The number of nitrogens with zero attached hydrogens (tertiary/aromatic N) is 3. The van der Waals surface area contributed by atoms with E-state index in [1.165, 1.54) is 0 Å². The van der Waals surface area contributed by atoms with Crippen LogP contribution in [0.4, 0.5) is 0 Å². The highest BCUT2D eigenvalue weighted by molar-refractivity contribution is 6.06. The molecule has 9 nitrogen and oxygen atoms in total. The molecule has 3 heterocycles. The van der Waals surface area contributed by atoms with Gasteiger partial charge in [-0.3, -0.25) is 9.59 Å². The van der Waals surface area contributed by atoms with Crippen LogP contribution in [0.5, 0.6) is 0 Å². The number of para-hydroxylation sites is 1. The number of amides is 2. The number of carbonyl (C=O) groups is 2. The van der Waals surface area contributed by atoms with E-state index < -0.39 is 6.10 Å². The highest BCUT2D eigenvalue weighted by atomic mass is 16.5. The monoisotopic (exact) mass is 424 g/mol. The SMILES string of the molecule is Cc1nc(C)c(C(=O)N2CCOC(c3cc(C(=O)NCCO)c4ccccc4n3)C2)o1. The highest BCUT2D eigenvalue weighted by Crippen LogP contribution is 2.27. The minimum absolute atomic E-state index is 0.148. The Balaban J connectivity index is 1.64. The molecule has 31 heavy (non-hydrogen) atoms. The summed E-state index contributed by atoms with van der Waals surface area (Å²) in [5, 5.41) is 12.4. The van der Waals surface area contributed by atoms with Crippen LogP contribution in [0.3, 0.4) is 0 Å². The Morgan fingerprint density at radius 2 is 2.06 bits per heavy atom. The van der Waals surface area contributed by atoms with E-state index >= 15 is 0 Å². The van der Waals surface area contributed by atoms with Gasteiger partial charge in [-0.1, -0.05) is 18.2 Å². The molecule has 2 N–H and O–H groups in total. The van der Waals surface area contributed by atoms with E-state index in [0.717, 1.165) is 0 Å². The number of hydrogen-bond acceptors (Lipinski definition) is 7. The second kappa shape index (κ2) is 8.83. The average molecular weight is 424 g/mol. The molecule has 2 aromatic heterocycles. The number of aromatic nitrogens is 2. The fraction of sp³-hybridized carbons (Fsp3) is 0.364. The number of benzene rings is 1. The molecule has 1 aromatic carbocycles. The minimum Gasteiger partial charge on any atom is -0.436 e. The van der Waals surface area contributed by atoms with E-state index in [-0.39, 0.29) is 37.3 Å². The van der Waals surface area contributed by atoms with Crippen LogP contribution in [0.1, 0.15) is 44.3 Å². The lowest BCUT2D eigenvalue weighted by Crippen LogP contribution is -2.42. The Morgan fingerprint density at radius 3 is 2.81 bits per heavy atom. The number of hydrogen-bond donors (Lipinski definition) is 2. The maximum Gasteiger partial charge on any atom is 0.291 e. The molecule has 9 heteroatoms. The Hall–Kier alpha value is -3.30. The third-order valence-electron chi connectivity index (χ3n) is 5.16. The Labute approximate surface area is 179 Å². The van der Waals surface area contributed by atoms with Crippen LogP contribution in [0.2, 0.25) is 0 Å². The number of aryl methyl sites for hydroxylation is 2. The number of rotatable bonds is 5. The fourth-order valence-corrected chi connectivity index (χ4v) is 3.70.